The maximum Gasteiger partial charge on any atom is 0.161 e. The van der Waals surface area contributed by atoms with Gasteiger partial charge in [-0.25, -0.2) is 14.4 Å². The third kappa shape index (κ3) is 2.47. The molecule has 18 heavy (non-hydrogen) atoms. The molecule has 1 aromatic carbocycles. The maximum atomic E-state index is 13.5. The smallest absolute Gasteiger partial charge is 0.161 e. The molecule has 0 amide bonds. The molecule has 0 saturated carbocycles. The lowest BCUT2D eigenvalue weighted by molar-refractivity contribution is 0.619. The lowest BCUT2D eigenvalue weighted by Gasteiger charge is -2.08. The van der Waals surface area contributed by atoms with Crippen LogP contribution in [0.3, 0.4) is 0 Å². The second-order valence-corrected chi connectivity index (χ2v) is 4.66. The van der Waals surface area contributed by atoms with E-state index in [1.54, 1.807) is 25.1 Å². The SMILES string of the molecule is Cc1ccc(-c2nc(N)cc(C(C)C)n2)cc1F. The molecule has 1 heterocycles. The first-order valence-corrected chi connectivity index (χ1v) is 5.88. The third-order valence-electron chi connectivity index (χ3n) is 2.79. The van der Waals surface area contributed by atoms with E-state index >= 15 is 0 Å². The molecule has 1 aromatic heterocycles. The van der Waals surface area contributed by atoms with E-state index in [2.05, 4.69) is 9.97 Å². The number of nitrogens with two attached hydrogens (primary N) is 1. The van der Waals surface area contributed by atoms with Crippen molar-refractivity contribution in [3.63, 3.8) is 0 Å². The lowest BCUT2D eigenvalue weighted by atomic mass is 10.1. The minimum absolute atomic E-state index is 0.254. The van der Waals surface area contributed by atoms with Crippen molar-refractivity contribution < 1.29 is 4.39 Å². The minimum Gasteiger partial charge on any atom is -0.384 e. The Bertz CT molecular complexity index is 579. The van der Waals surface area contributed by atoms with Crippen LogP contribution in [0, 0.1) is 12.7 Å². The van der Waals surface area contributed by atoms with Gasteiger partial charge in [0.15, 0.2) is 5.82 Å². The summed E-state index contributed by atoms with van der Waals surface area (Å²) < 4.78 is 13.5. The first-order valence-electron chi connectivity index (χ1n) is 5.88. The van der Waals surface area contributed by atoms with Crippen molar-refractivity contribution in [1.82, 2.24) is 9.97 Å². The maximum absolute atomic E-state index is 13.5. The number of hydrogen-bond acceptors (Lipinski definition) is 3. The van der Waals surface area contributed by atoms with Crippen LogP contribution in [0.4, 0.5) is 10.2 Å². The lowest BCUT2D eigenvalue weighted by Crippen LogP contribution is -2.02. The highest BCUT2D eigenvalue weighted by Crippen LogP contribution is 2.22. The zero-order valence-corrected chi connectivity index (χ0v) is 10.7. The van der Waals surface area contributed by atoms with E-state index < -0.39 is 0 Å². The normalized spacial score (nSPS) is 10.9. The molecule has 2 aromatic rings. The molecule has 0 unspecified atom stereocenters. The highest BCUT2D eigenvalue weighted by Gasteiger charge is 2.09. The molecule has 0 radical (unpaired) electrons. The number of benzene rings is 1. The zero-order valence-electron chi connectivity index (χ0n) is 10.7. The molecule has 0 atom stereocenters. The van der Waals surface area contributed by atoms with E-state index in [1.807, 2.05) is 13.8 Å². The molecule has 0 fully saturated rings. The topological polar surface area (TPSA) is 51.8 Å². The van der Waals surface area contributed by atoms with Gasteiger partial charge < -0.3 is 5.73 Å². The molecular weight excluding hydrogens is 229 g/mol. The fourth-order valence-electron chi connectivity index (χ4n) is 1.64. The Morgan fingerprint density at radius 3 is 2.50 bits per heavy atom. The molecule has 0 bridgehead atoms. The molecule has 0 aliphatic rings. The van der Waals surface area contributed by atoms with Gasteiger partial charge in [-0.05, 0) is 24.5 Å². The number of hydrogen-bond donors (Lipinski definition) is 1. The molecule has 94 valence electrons. The predicted octanol–water partition coefficient (Wildman–Crippen LogP) is 3.30. The summed E-state index contributed by atoms with van der Waals surface area (Å²) in [5.74, 6) is 0.872. The van der Waals surface area contributed by atoms with Crippen LogP contribution in [-0.4, -0.2) is 9.97 Å². The van der Waals surface area contributed by atoms with Crippen LogP contribution in [0.15, 0.2) is 24.3 Å². The summed E-state index contributed by atoms with van der Waals surface area (Å²) in [7, 11) is 0. The average molecular weight is 245 g/mol. The highest BCUT2D eigenvalue weighted by molar-refractivity contribution is 5.57. The first-order chi connectivity index (χ1) is 8.47. The van der Waals surface area contributed by atoms with Gasteiger partial charge in [-0.1, -0.05) is 26.0 Å². The van der Waals surface area contributed by atoms with Gasteiger partial charge in [-0.3, -0.25) is 0 Å². The summed E-state index contributed by atoms with van der Waals surface area (Å²) in [6.07, 6.45) is 0. The summed E-state index contributed by atoms with van der Waals surface area (Å²) >= 11 is 0. The van der Waals surface area contributed by atoms with E-state index in [0.717, 1.165) is 5.69 Å². The number of anilines is 1. The third-order valence-corrected chi connectivity index (χ3v) is 2.79. The molecule has 0 aliphatic carbocycles. The van der Waals surface area contributed by atoms with E-state index in [-0.39, 0.29) is 11.7 Å². The van der Waals surface area contributed by atoms with Crippen LogP contribution in [0.1, 0.15) is 31.0 Å². The number of aromatic nitrogens is 2. The van der Waals surface area contributed by atoms with Gasteiger partial charge in [0.25, 0.3) is 0 Å². The number of aryl methyl sites for hydroxylation is 1. The zero-order chi connectivity index (χ0) is 13.3. The predicted molar refractivity (Wildman–Crippen MR) is 70.7 cm³/mol. The van der Waals surface area contributed by atoms with Gasteiger partial charge in [0.05, 0.1) is 0 Å². The average Bonchev–Trinajstić information content (AvgIpc) is 2.31. The second-order valence-electron chi connectivity index (χ2n) is 4.66. The quantitative estimate of drug-likeness (QED) is 0.883. The van der Waals surface area contributed by atoms with Crippen molar-refractivity contribution >= 4 is 5.82 Å². The summed E-state index contributed by atoms with van der Waals surface area (Å²) in [6.45, 7) is 5.78. The van der Waals surface area contributed by atoms with Gasteiger partial charge in [0.1, 0.15) is 11.6 Å². The molecule has 2 rings (SSSR count). The van der Waals surface area contributed by atoms with Crippen LogP contribution < -0.4 is 5.73 Å². The molecule has 2 N–H and O–H groups in total. The highest BCUT2D eigenvalue weighted by atomic mass is 19.1. The van der Waals surface area contributed by atoms with Crippen molar-refractivity contribution in [3.8, 4) is 11.4 Å². The van der Waals surface area contributed by atoms with Crippen LogP contribution in [0.2, 0.25) is 0 Å². The van der Waals surface area contributed by atoms with Gasteiger partial charge >= 0.3 is 0 Å². The Hall–Kier alpha value is -1.97. The summed E-state index contributed by atoms with van der Waals surface area (Å²) in [4.78, 5) is 8.57. The second kappa shape index (κ2) is 4.72. The van der Waals surface area contributed by atoms with Crippen LogP contribution in [0.5, 0.6) is 0 Å². The minimum atomic E-state index is -0.260. The molecule has 0 aliphatic heterocycles. The monoisotopic (exact) mass is 245 g/mol. The fourth-order valence-corrected chi connectivity index (χ4v) is 1.64. The van der Waals surface area contributed by atoms with Crippen molar-refractivity contribution in [3.05, 3.63) is 41.3 Å². The number of nitrogens with zero attached hydrogens (tertiary/aromatic N) is 2. The first kappa shape index (κ1) is 12.5. The number of nitrogen functional groups attached to an aromatic ring is 1. The van der Waals surface area contributed by atoms with E-state index in [9.17, 15) is 4.39 Å². The van der Waals surface area contributed by atoms with Crippen molar-refractivity contribution in [2.24, 2.45) is 0 Å². The summed E-state index contributed by atoms with van der Waals surface area (Å²) in [5, 5.41) is 0. The van der Waals surface area contributed by atoms with Gasteiger partial charge in [0.2, 0.25) is 0 Å². The van der Waals surface area contributed by atoms with E-state index in [0.29, 0.717) is 22.8 Å². The standard InChI is InChI=1S/C14H16FN3/c1-8(2)12-7-13(16)18-14(17-12)10-5-4-9(3)11(15)6-10/h4-8H,1-3H3,(H2,16,17,18). The Kier molecular flexibility index (Phi) is 3.28. The van der Waals surface area contributed by atoms with Gasteiger partial charge in [-0.15, -0.1) is 0 Å². The van der Waals surface area contributed by atoms with E-state index in [4.69, 9.17) is 5.73 Å². The Balaban J connectivity index is 2.53. The molecule has 0 saturated heterocycles. The van der Waals surface area contributed by atoms with Crippen LogP contribution in [-0.2, 0) is 0 Å². The molecule has 3 nitrogen and oxygen atoms in total. The molecule has 0 spiro atoms. The fraction of sp³-hybridized carbons (Fsp3) is 0.286. The summed E-state index contributed by atoms with van der Waals surface area (Å²) in [5.41, 5.74) is 7.87. The number of halogens is 1. The largest absolute Gasteiger partial charge is 0.384 e. The Morgan fingerprint density at radius 2 is 1.89 bits per heavy atom. The van der Waals surface area contributed by atoms with Gasteiger partial charge in [0, 0.05) is 17.3 Å². The van der Waals surface area contributed by atoms with Crippen LogP contribution in [0.25, 0.3) is 11.4 Å². The van der Waals surface area contributed by atoms with Crippen molar-refractivity contribution in [1.29, 1.82) is 0 Å². The molecular formula is C14H16FN3. The Morgan fingerprint density at radius 1 is 1.17 bits per heavy atom. The van der Waals surface area contributed by atoms with Crippen molar-refractivity contribution in [2.45, 2.75) is 26.7 Å². The van der Waals surface area contributed by atoms with Crippen LogP contribution >= 0.6 is 0 Å². The molecule has 4 heteroatoms. The number of rotatable bonds is 2. The summed E-state index contributed by atoms with van der Waals surface area (Å²) in [6, 6.07) is 6.70. The Labute approximate surface area is 106 Å². The van der Waals surface area contributed by atoms with Crippen molar-refractivity contribution in [2.75, 3.05) is 5.73 Å². The van der Waals surface area contributed by atoms with Gasteiger partial charge in [-0.2, -0.15) is 0 Å². The van der Waals surface area contributed by atoms with E-state index in [1.165, 1.54) is 6.07 Å².